The first-order chi connectivity index (χ1) is 10.4. The van der Waals surface area contributed by atoms with Gasteiger partial charge in [0.2, 0.25) is 0 Å². The van der Waals surface area contributed by atoms with E-state index in [1.54, 1.807) is 0 Å². The van der Waals surface area contributed by atoms with Crippen molar-refractivity contribution in [1.82, 2.24) is 4.90 Å². The van der Waals surface area contributed by atoms with Crippen LogP contribution in [0.4, 0.5) is 0 Å². The van der Waals surface area contributed by atoms with Gasteiger partial charge in [0.1, 0.15) is 0 Å². The van der Waals surface area contributed by atoms with E-state index in [4.69, 9.17) is 9.31 Å². The number of benzene rings is 1. The van der Waals surface area contributed by atoms with Gasteiger partial charge in [0.05, 0.1) is 11.2 Å². The van der Waals surface area contributed by atoms with Crippen molar-refractivity contribution in [2.24, 2.45) is 0 Å². The number of rotatable bonds is 3. The molecule has 0 bridgehead atoms. The van der Waals surface area contributed by atoms with Gasteiger partial charge in [-0.3, -0.25) is 4.90 Å². The average molecular weight is 301 g/mol. The molecule has 0 amide bonds. The average Bonchev–Trinajstić information content (AvgIpc) is 2.69. The molecule has 1 aromatic carbocycles. The second-order valence-electron chi connectivity index (χ2n) is 7.75. The molecule has 0 spiro atoms. The van der Waals surface area contributed by atoms with Crippen LogP contribution in [0, 0.1) is 0 Å². The van der Waals surface area contributed by atoms with Crippen LogP contribution in [0.1, 0.15) is 46.1 Å². The molecule has 2 aliphatic heterocycles. The first kappa shape index (κ1) is 16.0. The third-order valence-corrected chi connectivity index (χ3v) is 5.45. The number of hydrogen-bond donors (Lipinski definition) is 0. The topological polar surface area (TPSA) is 21.7 Å². The summed E-state index contributed by atoms with van der Waals surface area (Å²) in [6.07, 6.45) is 2.42. The molecule has 1 aromatic rings. The molecule has 0 aliphatic carbocycles. The van der Waals surface area contributed by atoms with E-state index in [1.165, 1.54) is 24.9 Å². The van der Waals surface area contributed by atoms with Gasteiger partial charge in [0.15, 0.2) is 0 Å². The van der Waals surface area contributed by atoms with E-state index in [-0.39, 0.29) is 18.3 Å². The normalized spacial score (nSPS) is 28.0. The Bertz CT molecular complexity index is 487. The zero-order valence-electron chi connectivity index (χ0n) is 14.3. The minimum Gasteiger partial charge on any atom is -0.403 e. The van der Waals surface area contributed by atoms with Crippen LogP contribution in [0.5, 0.6) is 0 Å². The molecule has 0 N–H and O–H groups in total. The van der Waals surface area contributed by atoms with Crippen molar-refractivity contribution in [3.63, 3.8) is 0 Å². The van der Waals surface area contributed by atoms with Crippen LogP contribution in [0.3, 0.4) is 0 Å². The van der Waals surface area contributed by atoms with E-state index in [0.717, 1.165) is 13.1 Å². The number of nitrogens with zero attached hydrogens (tertiary/aromatic N) is 1. The molecule has 1 unspecified atom stereocenters. The molecule has 0 radical (unpaired) electrons. The van der Waals surface area contributed by atoms with Gasteiger partial charge in [0.25, 0.3) is 0 Å². The minimum atomic E-state index is -0.223. The maximum atomic E-state index is 6.25. The van der Waals surface area contributed by atoms with Crippen molar-refractivity contribution in [1.29, 1.82) is 0 Å². The van der Waals surface area contributed by atoms with Crippen LogP contribution in [-0.2, 0) is 15.9 Å². The van der Waals surface area contributed by atoms with Crippen molar-refractivity contribution < 1.29 is 9.31 Å². The summed E-state index contributed by atoms with van der Waals surface area (Å²) in [5.74, 6) is 0.471. The Labute approximate surface area is 135 Å². The van der Waals surface area contributed by atoms with Crippen molar-refractivity contribution in [2.75, 3.05) is 13.1 Å². The molecule has 3 rings (SSSR count). The lowest BCUT2D eigenvalue weighted by molar-refractivity contribution is 0.00578. The quantitative estimate of drug-likeness (QED) is 0.794. The predicted octanol–water partition coefficient (Wildman–Crippen LogP) is 3.74. The summed E-state index contributed by atoms with van der Waals surface area (Å²) < 4.78 is 12.5. The Kier molecular flexibility index (Phi) is 4.37. The van der Waals surface area contributed by atoms with Crippen molar-refractivity contribution in [2.45, 2.75) is 64.1 Å². The van der Waals surface area contributed by atoms with Crippen LogP contribution >= 0.6 is 0 Å². The molecule has 2 aliphatic rings. The van der Waals surface area contributed by atoms with E-state index in [2.05, 4.69) is 62.9 Å². The second kappa shape index (κ2) is 5.99. The van der Waals surface area contributed by atoms with Gasteiger partial charge >= 0.3 is 7.12 Å². The molecular formula is C18H28BNO2. The van der Waals surface area contributed by atoms with Crippen LogP contribution in [0.2, 0.25) is 5.82 Å². The lowest BCUT2D eigenvalue weighted by Gasteiger charge is -2.33. The molecule has 120 valence electrons. The summed E-state index contributed by atoms with van der Waals surface area (Å²) in [5.41, 5.74) is 0.940. The number of piperidine rings is 1. The molecule has 0 saturated carbocycles. The summed E-state index contributed by atoms with van der Waals surface area (Å²) in [7, 11) is -0.0661. The van der Waals surface area contributed by atoms with E-state index >= 15 is 0 Å². The summed E-state index contributed by atoms with van der Waals surface area (Å²) in [6.45, 7) is 11.8. The fourth-order valence-corrected chi connectivity index (χ4v) is 3.38. The predicted molar refractivity (Wildman–Crippen MR) is 90.8 cm³/mol. The zero-order valence-corrected chi connectivity index (χ0v) is 14.3. The summed E-state index contributed by atoms with van der Waals surface area (Å²) in [6, 6.07) is 10.7. The molecule has 22 heavy (non-hydrogen) atoms. The zero-order chi connectivity index (χ0) is 15.8. The van der Waals surface area contributed by atoms with Crippen molar-refractivity contribution >= 4 is 7.12 Å². The van der Waals surface area contributed by atoms with Crippen molar-refractivity contribution in [3.05, 3.63) is 35.9 Å². The van der Waals surface area contributed by atoms with Gasteiger partial charge in [-0.1, -0.05) is 30.3 Å². The van der Waals surface area contributed by atoms with E-state index in [9.17, 15) is 0 Å². The largest absolute Gasteiger partial charge is 0.462 e. The fraction of sp³-hybridized carbons (Fsp3) is 0.667. The third kappa shape index (κ3) is 3.24. The van der Waals surface area contributed by atoms with Gasteiger partial charge in [-0.15, -0.1) is 0 Å². The van der Waals surface area contributed by atoms with Crippen LogP contribution in [0.25, 0.3) is 0 Å². The van der Waals surface area contributed by atoms with Crippen LogP contribution in [-0.4, -0.2) is 36.3 Å². The van der Waals surface area contributed by atoms with Crippen molar-refractivity contribution in [3.8, 4) is 0 Å². The molecule has 0 aromatic heterocycles. The highest BCUT2D eigenvalue weighted by atomic mass is 16.7. The molecule has 2 fully saturated rings. The Morgan fingerprint density at radius 3 is 2.36 bits per heavy atom. The van der Waals surface area contributed by atoms with E-state index in [1.807, 2.05) is 0 Å². The fourth-order valence-electron chi connectivity index (χ4n) is 3.38. The standard InChI is InChI=1S/C18H28BNO2/c1-17(2)18(3,4)22-19(21-17)16-11-8-12-20(14-16)13-15-9-6-5-7-10-15/h5-7,9-10,16H,8,11-14H2,1-4H3. The SMILES string of the molecule is CC1(C)OB(C2CCCN(Cc3ccccc3)C2)OC1(C)C. The first-order valence-electron chi connectivity index (χ1n) is 8.49. The molecule has 2 saturated heterocycles. The Balaban J connectivity index is 1.62. The Hall–Kier alpha value is -0.835. The Morgan fingerprint density at radius 2 is 1.73 bits per heavy atom. The number of hydrogen-bond acceptors (Lipinski definition) is 3. The van der Waals surface area contributed by atoms with Crippen LogP contribution in [0.15, 0.2) is 30.3 Å². The maximum Gasteiger partial charge on any atom is 0.462 e. The highest BCUT2D eigenvalue weighted by molar-refractivity contribution is 6.47. The van der Waals surface area contributed by atoms with Gasteiger partial charge in [-0.2, -0.15) is 0 Å². The van der Waals surface area contributed by atoms with Gasteiger partial charge in [0, 0.05) is 12.4 Å². The van der Waals surface area contributed by atoms with Crippen LogP contribution < -0.4 is 0 Å². The highest BCUT2D eigenvalue weighted by Crippen LogP contribution is 2.42. The summed E-state index contributed by atoms with van der Waals surface area (Å²) >= 11 is 0. The van der Waals surface area contributed by atoms with E-state index in [0.29, 0.717) is 5.82 Å². The minimum absolute atomic E-state index is 0.0661. The monoisotopic (exact) mass is 301 g/mol. The van der Waals surface area contributed by atoms with Gasteiger partial charge in [-0.25, -0.2) is 0 Å². The molecule has 2 heterocycles. The van der Waals surface area contributed by atoms with Gasteiger partial charge < -0.3 is 9.31 Å². The molecule has 3 nitrogen and oxygen atoms in total. The lowest BCUT2D eigenvalue weighted by atomic mass is 9.67. The molecule has 1 atom stereocenters. The maximum absolute atomic E-state index is 6.25. The molecular weight excluding hydrogens is 273 g/mol. The second-order valence-corrected chi connectivity index (χ2v) is 7.75. The van der Waals surface area contributed by atoms with Gasteiger partial charge in [-0.05, 0) is 59.2 Å². The number of likely N-dealkylation sites (tertiary alicyclic amines) is 1. The smallest absolute Gasteiger partial charge is 0.403 e. The summed E-state index contributed by atoms with van der Waals surface area (Å²) in [4.78, 5) is 2.54. The Morgan fingerprint density at radius 1 is 1.09 bits per heavy atom. The molecule has 4 heteroatoms. The van der Waals surface area contributed by atoms with E-state index < -0.39 is 0 Å². The lowest BCUT2D eigenvalue weighted by Crippen LogP contribution is -2.41. The third-order valence-electron chi connectivity index (χ3n) is 5.45. The summed E-state index contributed by atoms with van der Waals surface area (Å²) in [5, 5.41) is 0. The highest BCUT2D eigenvalue weighted by Gasteiger charge is 2.53. The first-order valence-corrected chi connectivity index (χ1v) is 8.49.